The van der Waals surface area contributed by atoms with E-state index < -0.39 is 0 Å². The number of thioether (sulfide) groups is 2. The first-order valence-electron chi connectivity index (χ1n) is 8.01. The van der Waals surface area contributed by atoms with Crippen molar-refractivity contribution in [1.29, 1.82) is 0 Å². The highest BCUT2D eigenvalue weighted by atomic mass is 32.2. The van der Waals surface area contributed by atoms with Crippen molar-refractivity contribution in [3.63, 3.8) is 0 Å². The summed E-state index contributed by atoms with van der Waals surface area (Å²) in [6, 6.07) is 3.11. The molecular formula is C15H26N4S2. The third-order valence-corrected chi connectivity index (χ3v) is 7.89. The highest BCUT2D eigenvalue weighted by Crippen LogP contribution is 2.34. The van der Waals surface area contributed by atoms with Crippen LogP contribution < -0.4 is 11.3 Å². The zero-order valence-corrected chi connectivity index (χ0v) is 14.3. The van der Waals surface area contributed by atoms with Crippen LogP contribution in [0.3, 0.4) is 0 Å². The number of hydrazine groups is 1. The first-order chi connectivity index (χ1) is 10.3. The van der Waals surface area contributed by atoms with Gasteiger partial charge in [0.05, 0.1) is 11.7 Å². The highest BCUT2D eigenvalue weighted by Gasteiger charge is 2.30. The summed E-state index contributed by atoms with van der Waals surface area (Å²) in [7, 11) is 0. The molecule has 0 radical (unpaired) electrons. The van der Waals surface area contributed by atoms with E-state index in [4.69, 9.17) is 10.9 Å². The van der Waals surface area contributed by atoms with Crippen molar-refractivity contribution in [3.05, 3.63) is 18.0 Å². The van der Waals surface area contributed by atoms with Crippen LogP contribution in [0, 0.1) is 0 Å². The summed E-state index contributed by atoms with van der Waals surface area (Å²) in [6.45, 7) is 2.32. The topological polar surface area (TPSA) is 55.9 Å². The second-order valence-electron chi connectivity index (χ2n) is 6.11. The molecule has 3 unspecified atom stereocenters. The van der Waals surface area contributed by atoms with E-state index >= 15 is 0 Å². The third kappa shape index (κ3) is 3.78. The Balaban J connectivity index is 1.63. The predicted octanol–water partition coefficient (Wildman–Crippen LogP) is 2.61. The third-order valence-electron chi connectivity index (χ3n) is 4.64. The van der Waals surface area contributed by atoms with Gasteiger partial charge >= 0.3 is 0 Å². The van der Waals surface area contributed by atoms with Gasteiger partial charge in [0.1, 0.15) is 0 Å². The maximum atomic E-state index is 5.84. The molecule has 118 valence electrons. The van der Waals surface area contributed by atoms with Gasteiger partial charge in [-0.1, -0.05) is 19.8 Å². The minimum Gasteiger partial charge on any atom is -0.271 e. The summed E-state index contributed by atoms with van der Waals surface area (Å²) in [4.78, 5) is 0. The molecule has 0 amide bonds. The minimum atomic E-state index is 0.310. The molecule has 0 spiro atoms. The number of rotatable bonds is 5. The van der Waals surface area contributed by atoms with Gasteiger partial charge in [-0.15, -0.1) is 0 Å². The molecule has 1 aliphatic heterocycles. The molecule has 1 aliphatic carbocycles. The lowest BCUT2D eigenvalue weighted by Crippen LogP contribution is -2.48. The van der Waals surface area contributed by atoms with E-state index in [0.717, 1.165) is 6.42 Å². The van der Waals surface area contributed by atoms with E-state index in [1.165, 1.54) is 42.9 Å². The zero-order chi connectivity index (χ0) is 14.7. The van der Waals surface area contributed by atoms with Crippen LogP contribution in [0.15, 0.2) is 12.3 Å². The van der Waals surface area contributed by atoms with Gasteiger partial charge in [0.15, 0.2) is 0 Å². The van der Waals surface area contributed by atoms with E-state index in [1.807, 2.05) is 0 Å². The summed E-state index contributed by atoms with van der Waals surface area (Å²) in [5, 5.41) is 6.03. The molecule has 1 saturated carbocycles. The molecule has 6 heteroatoms. The number of nitrogens with one attached hydrogen (secondary N) is 1. The molecule has 2 heterocycles. The Morgan fingerprint density at radius 1 is 1.38 bits per heavy atom. The minimum absolute atomic E-state index is 0.310. The van der Waals surface area contributed by atoms with Gasteiger partial charge in [-0.3, -0.25) is 16.0 Å². The van der Waals surface area contributed by atoms with E-state index in [-0.39, 0.29) is 0 Å². The summed E-state index contributed by atoms with van der Waals surface area (Å²) in [5.74, 6) is 8.33. The normalized spacial score (nSPS) is 28.9. The van der Waals surface area contributed by atoms with Crippen LogP contribution in [0.25, 0.3) is 0 Å². The summed E-state index contributed by atoms with van der Waals surface area (Å²) in [6.07, 6.45) is 8.35. The lowest BCUT2D eigenvalue weighted by molar-refractivity contribution is 0.452. The fraction of sp³-hybridized carbons (Fsp3) is 0.800. The first-order valence-corrected chi connectivity index (χ1v) is 10.1. The van der Waals surface area contributed by atoms with Crippen molar-refractivity contribution < 1.29 is 0 Å². The van der Waals surface area contributed by atoms with Crippen molar-refractivity contribution >= 4 is 23.5 Å². The predicted molar refractivity (Wildman–Crippen MR) is 92.7 cm³/mol. The van der Waals surface area contributed by atoms with Gasteiger partial charge in [-0.05, 0) is 18.9 Å². The molecule has 0 bridgehead atoms. The average Bonchev–Trinajstić information content (AvgIpc) is 3.16. The summed E-state index contributed by atoms with van der Waals surface area (Å²) < 4.78 is 2.18. The maximum Gasteiger partial charge on any atom is 0.0641 e. The van der Waals surface area contributed by atoms with E-state index in [1.54, 1.807) is 0 Å². The van der Waals surface area contributed by atoms with Crippen LogP contribution in [0.2, 0.25) is 0 Å². The molecule has 3 atom stereocenters. The molecular weight excluding hydrogens is 300 g/mol. The smallest absolute Gasteiger partial charge is 0.0641 e. The second kappa shape index (κ2) is 7.40. The van der Waals surface area contributed by atoms with Crippen molar-refractivity contribution in [1.82, 2.24) is 15.2 Å². The zero-order valence-electron chi connectivity index (χ0n) is 12.7. The van der Waals surface area contributed by atoms with Crippen LogP contribution in [-0.4, -0.2) is 37.8 Å². The van der Waals surface area contributed by atoms with Gasteiger partial charge < -0.3 is 0 Å². The van der Waals surface area contributed by atoms with Crippen LogP contribution in [0.4, 0.5) is 0 Å². The second-order valence-corrected chi connectivity index (χ2v) is 8.89. The lowest BCUT2D eigenvalue weighted by Gasteiger charge is -2.33. The Bertz CT molecular complexity index is 445. The molecule has 1 aromatic heterocycles. The molecule has 2 aliphatic rings. The van der Waals surface area contributed by atoms with E-state index in [9.17, 15) is 0 Å². The average molecular weight is 327 g/mol. The Morgan fingerprint density at radius 2 is 2.14 bits per heavy atom. The van der Waals surface area contributed by atoms with Crippen molar-refractivity contribution in [3.8, 4) is 0 Å². The quantitative estimate of drug-likeness (QED) is 0.643. The molecule has 3 rings (SSSR count). The molecule has 4 nitrogen and oxygen atoms in total. The maximum absolute atomic E-state index is 5.84. The van der Waals surface area contributed by atoms with Crippen LogP contribution in [-0.2, 0) is 6.42 Å². The lowest BCUT2D eigenvalue weighted by atomic mass is 10.1. The van der Waals surface area contributed by atoms with Crippen molar-refractivity contribution in [2.24, 2.45) is 5.84 Å². The Kier molecular flexibility index (Phi) is 5.54. The number of aromatic nitrogens is 2. The summed E-state index contributed by atoms with van der Waals surface area (Å²) >= 11 is 4.12. The highest BCUT2D eigenvalue weighted by molar-refractivity contribution is 8.07. The van der Waals surface area contributed by atoms with Crippen molar-refractivity contribution in [2.45, 2.75) is 61.6 Å². The fourth-order valence-electron chi connectivity index (χ4n) is 3.45. The van der Waals surface area contributed by atoms with Crippen molar-refractivity contribution in [2.75, 3.05) is 11.5 Å². The van der Waals surface area contributed by atoms with Crippen LogP contribution >= 0.6 is 23.5 Å². The molecule has 0 aromatic carbocycles. The number of hydrogen-bond acceptors (Lipinski definition) is 5. The van der Waals surface area contributed by atoms with Crippen LogP contribution in [0.1, 0.15) is 44.3 Å². The molecule has 2 fully saturated rings. The molecule has 1 saturated heterocycles. The fourth-order valence-corrected chi connectivity index (χ4v) is 6.39. The van der Waals surface area contributed by atoms with E-state index in [0.29, 0.717) is 22.6 Å². The van der Waals surface area contributed by atoms with Crippen LogP contribution in [0.5, 0.6) is 0 Å². The van der Waals surface area contributed by atoms with Gasteiger partial charge in [-0.2, -0.15) is 28.6 Å². The number of nitrogens with zero attached hydrogens (tertiary/aromatic N) is 2. The standard InChI is InChI=1S/C15H26N4S2/c1-11-15(21-9-8-20-11)14(17-16)10-12-6-7-19(18-12)13-4-2-3-5-13/h6-7,11,13-15,17H,2-5,8-10,16H2,1H3. The Labute approximate surface area is 136 Å². The Hall–Kier alpha value is -0.170. The van der Waals surface area contributed by atoms with Gasteiger partial charge in [0.2, 0.25) is 0 Å². The first kappa shape index (κ1) is 15.7. The molecule has 1 aromatic rings. The molecule has 21 heavy (non-hydrogen) atoms. The molecule has 3 N–H and O–H groups in total. The Morgan fingerprint density at radius 3 is 2.86 bits per heavy atom. The largest absolute Gasteiger partial charge is 0.271 e. The monoisotopic (exact) mass is 326 g/mol. The van der Waals surface area contributed by atoms with Gasteiger partial charge in [0, 0.05) is 40.7 Å². The van der Waals surface area contributed by atoms with E-state index in [2.05, 4.69) is 52.8 Å². The van der Waals surface area contributed by atoms with Gasteiger partial charge in [0.25, 0.3) is 0 Å². The summed E-state index contributed by atoms with van der Waals surface area (Å²) in [5.41, 5.74) is 4.22. The van der Waals surface area contributed by atoms with Gasteiger partial charge in [-0.25, -0.2) is 0 Å². The number of nitrogens with two attached hydrogens (primary N) is 1. The number of hydrogen-bond donors (Lipinski definition) is 2. The SMILES string of the molecule is CC1SCCSC1C(Cc1ccn(C2CCCC2)n1)NN.